The smallest absolute Gasteiger partial charge is 0.337 e. The number of rotatable bonds is 4. The molecule has 0 amide bonds. The minimum Gasteiger partial charge on any atom is -0.487 e. The molecule has 92 valence electrons. The molecule has 0 saturated heterocycles. The van der Waals surface area contributed by atoms with Gasteiger partial charge in [-0.3, -0.25) is 4.98 Å². The van der Waals surface area contributed by atoms with E-state index in [9.17, 15) is 4.79 Å². The highest BCUT2D eigenvalue weighted by atomic mass is 16.5. The Kier molecular flexibility index (Phi) is 3.57. The van der Waals surface area contributed by atoms with Gasteiger partial charge in [-0.15, -0.1) is 0 Å². The fourth-order valence-electron chi connectivity index (χ4n) is 1.61. The summed E-state index contributed by atoms with van der Waals surface area (Å²) in [6.45, 7) is 2.08. The highest BCUT2D eigenvalue weighted by Gasteiger charge is 2.11. The topological polar surface area (TPSA) is 59.4 Å². The Morgan fingerprint density at radius 1 is 1.28 bits per heavy atom. The second-order valence-electron chi connectivity index (χ2n) is 3.86. The number of aromatic nitrogens is 1. The van der Waals surface area contributed by atoms with E-state index in [1.54, 1.807) is 12.3 Å². The van der Waals surface area contributed by atoms with Crippen LogP contribution in [0, 0.1) is 6.92 Å². The molecule has 1 heterocycles. The van der Waals surface area contributed by atoms with Crippen LogP contribution in [-0.2, 0) is 6.61 Å². The number of hydrogen-bond acceptors (Lipinski definition) is 3. The first-order valence-electron chi connectivity index (χ1n) is 5.54. The van der Waals surface area contributed by atoms with Gasteiger partial charge in [-0.25, -0.2) is 4.79 Å². The van der Waals surface area contributed by atoms with Gasteiger partial charge in [0.15, 0.2) is 0 Å². The summed E-state index contributed by atoms with van der Waals surface area (Å²) < 4.78 is 5.59. The van der Waals surface area contributed by atoms with Gasteiger partial charge in [0.25, 0.3) is 0 Å². The second-order valence-corrected chi connectivity index (χ2v) is 3.86. The van der Waals surface area contributed by atoms with Crippen LogP contribution in [0.5, 0.6) is 5.75 Å². The summed E-state index contributed by atoms with van der Waals surface area (Å²) >= 11 is 0. The highest BCUT2D eigenvalue weighted by Crippen LogP contribution is 2.18. The zero-order valence-electron chi connectivity index (χ0n) is 9.96. The molecule has 0 radical (unpaired) electrons. The van der Waals surface area contributed by atoms with Crippen molar-refractivity contribution in [2.24, 2.45) is 0 Å². The number of carbonyl (C=O) groups is 1. The molecule has 4 heteroatoms. The molecule has 1 aromatic heterocycles. The Balaban J connectivity index is 2.16. The molecule has 0 spiro atoms. The summed E-state index contributed by atoms with van der Waals surface area (Å²) in [6, 6.07) is 10.7. The number of aryl methyl sites for hydroxylation is 1. The van der Waals surface area contributed by atoms with Gasteiger partial charge >= 0.3 is 5.97 Å². The van der Waals surface area contributed by atoms with Gasteiger partial charge in [-0.05, 0) is 30.7 Å². The minimum atomic E-state index is -0.994. The SMILES string of the molecule is Cc1ccccc1OCc1ncccc1C(=O)O. The quantitative estimate of drug-likeness (QED) is 0.896. The Labute approximate surface area is 105 Å². The molecule has 4 nitrogen and oxygen atoms in total. The average Bonchev–Trinajstić information content (AvgIpc) is 2.38. The van der Waals surface area contributed by atoms with E-state index < -0.39 is 5.97 Å². The first-order valence-corrected chi connectivity index (χ1v) is 5.54. The third kappa shape index (κ3) is 2.66. The second kappa shape index (κ2) is 5.31. The van der Waals surface area contributed by atoms with Crippen molar-refractivity contribution in [1.29, 1.82) is 0 Å². The lowest BCUT2D eigenvalue weighted by Gasteiger charge is -2.09. The third-order valence-electron chi connectivity index (χ3n) is 2.58. The molecule has 0 atom stereocenters. The number of pyridine rings is 1. The van der Waals surface area contributed by atoms with Crippen molar-refractivity contribution in [2.45, 2.75) is 13.5 Å². The monoisotopic (exact) mass is 243 g/mol. The van der Waals surface area contributed by atoms with E-state index in [0.29, 0.717) is 5.69 Å². The van der Waals surface area contributed by atoms with Crippen molar-refractivity contribution >= 4 is 5.97 Å². The van der Waals surface area contributed by atoms with E-state index in [0.717, 1.165) is 11.3 Å². The van der Waals surface area contributed by atoms with Gasteiger partial charge in [0.1, 0.15) is 12.4 Å². The number of benzene rings is 1. The summed E-state index contributed by atoms with van der Waals surface area (Å²) in [7, 11) is 0. The molecule has 1 N–H and O–H groups in total. The largest absolute Gasteiger partial charge is 0.487 e. The molecule has 2 rings (SSSR count). The van der Waals surface area contributed by atoms with Crippen LogP contribution in [0.4, 0.5) is 0 Å². The van der Waals surface area contributed by atoms with E-state index in [2.05, 4.69) is 4.98 Å². The van der Waals surface area contributed by atoms with Crippen molar-refractivity contribution in [3.05, 3.63) is 59.4 Å². The van der Waals surface area contributed by atoms with Gasteiger partial charge in [0.2, 0.25) is 0 Å². The Morgan fingerprint density at radius 2 is 2.06 bits per heavy atom. The molecule has 0 aliphatic carbocycles. The van der Waals surface area contributed by atoms with Crippen molar-refractivity contribution in [3.8, 4) is 5.75 Å². The zero-order valence-corrected chi connectivity index (χ0v) is 9.96. The number of ether oxygens (including phenoxy) is 1. The maximum Gasteiger partial charge on any atom is 0.337 e. The molecule has 0 aliphatic rings. The summed E-state index contributed by atoms with van der Waals surface area (Å²) in [5, 5.41) is 9.02. The molecule has 0 unspecified atom stereocenters. The summed E-state index contributed by atoms with van der Waals surface area (Å²) in [5.74, 6) is -0.258. The number of carboxylic acid groups (broad SMARTS) is 1. The minimum absolute atomic E-state index is 0.146. The first-order chi connectivity index (χ1) is 8.68. The molecular formula is C14H13NO3. The van der Waals surface area contributed by atoms with Crippen LogP contribution in [-0.4, -0.2) is 16.1 Å². The van der Waals surface area contributed by atoms with Crippen molar-refractivity contribution in [3.63, 3.8) is 0 Å². The van der Waals surface area contributed by atoms with Crippen LogP contribution < -0.4 is 4.74 Å². The predicted molar refractivity (Wildman–Crippen MR) is 66.7 cm³/mol. The number of nitrogens with zero attached hydrogens (tertiary/aromatic N) is 1. The van der Waals surface area contributed by atoms with Gasteiger partial charge < -0.3 is 9.84 Å². The first kappa shape index (κ1) is 12.1. The predicted octanol–water partition coefficient (Wildman–Crippen LogP) is 2.67. The van der Waals surface area contributed by atoms with Gasteiger partial charge in [0, 0.05) is 6.20 Å². The van der Waals surface area contributed by atoms with Crippen LogP contribution >= 0.6 is 0 Å². The molecule has 0 aliphatic heterocycles. The van der Waals surface area contributed by atoms with E-state index in [1.165, 1.54) is 6.07 Å². The molecule has 0 bridgehead atoms. The van der Waals surface area contributed by atoms with Crippen LogP contribution in [0.1, 0.15) is 21.6 Å². The maximum atomic E-state index is 11.0. The van der Waals surface area contributed by atoms with E-state index >= 15 is 0 Å². The van der Waals surface area contributed by atoms with E-state index in [1.807, 2.05) is 31.2 Å². The van der Waals surface area contributed by atoms with Crippen LogP contribution in [0.3, 0.4) is 0 Å². The zero-order chi connectivity index (χ0) is 13.0. The van der Waals surface area contributed by atoms with Crippen LogP contribution in [0.25, 0.3) is 0 Å². The van der Waals surface area contributed by atoms with Gasteiger partial charge in [-0.1, -0.05) is 18.2 Å². The molecule has 0 saturated carbocycles. The summed E-state index contributed by atoms with van der Waals surface area (Å²) in [4.78, 5) is 15.0. The summed E-state index contributed by atoms with van der Waals surface area (Å²) in [5.41, 5.74) is 1.60. The fourth-order valence-corrected chi connectivity index (χ4v) is 1.61. The molecule has 0 fully saturated rings. The Bertz CT molecular complexity index is 566. The number of hydrogen-bond donors (Lipinski definition) is 1. The average molecular weight is 243 g/mol. The molecular weight excluding hydrogens is 230 g/mol. The molecule has 18 heavy (non-hydrogen) atoms. The summed E-state index contributed by atoms with van der Waals surface area (Å²) in [6.07, 6.45) is 1.56. The Hall–Kier alpha value is -2.36. The van der Waals surface area contributed by atoms with Crippen molar-refractivity contribution in [1.82, 2.24) is 4.98 Å². The van der Waals surface area contributed by atoms with Gasteiger partial charge in [0.05, 0.1) is 11.3 Å². The number of para-hydroxylation sites is 1. The fraction of sp³-hybridized carbons (Fsp3) is 0.143. The normalized spacial score (nSPS) is 10.1. The standard InChI is InChI=1S/C14H13NO3/c1-10-5-2-3-7-13(10)18-9-12-11(14(16)17)6-4-8-15-12/h2-8H,9H2,1H3,(H,16,17). The Morgan fingerprint density at radius 3 is 2.78 bits per heavy atom. The maximum absolute atomic E-state index is 11.0. The van der Waals surface area contributed by atoms with E-state index in [-0.39, 0.29) is 12.2 Å². The third-order valence-corrected chi connectivity index (χ3v) is 2.58. The number of aromatic carboxylic acids is 1. The number of carboxylic acids is 1. The van der Waals surface area contributed by atoms with Crippen LogP contribution in [0.15, 0.2) is 42.6 Å². The van der Waals surface area contributed by atoms with Crippen molar-refractivity contribution < 1.29 is 14.6 Å². The van der Waals surface area contributed by atoms with Crippen LogP contribution in [0.2, 0.25) is 0 Å². The lowest BCUT2D eigenvalue weighted by Crippen LogP contribution is -2.07. The molecule has 2 aromatic rings. The van der Waals surface area contributed by atoms with Crippen molar-refractivity contribution in [2.75, 3.05) is 0 Å². The highest BCUT2D eigenvalue weighted by molar-refractivity contribution is 5.88. The van der Waals surface area contributed by atoms with E-state index in [4.69, 9.17) is 9.84 Å². The van der Waals surface area contributed by atoms with Gasteiger partial charge in [-0.2, -0.15) is 0 Å². The lowest BCUT2D eigenvalue weighted by molar-refractivity contribution is 0.0693. The lowest BCUT2D eigenvalue weighted by atomic mass is 10.2. The molecule has 1 aromatic carbocycles.